The van der Waals surface area contributed by atoms with Crippen molar-refractivity contribution < 1.29 is 4.79 Å². The minimum absolute atomic E-state index is 0.0483. The third-order valence-electron chi connectivity index (χ3n) is 4.51. The molecule has 1 amide bonds. The van der Waals surface area contributed by atoms with E-state index in [0.717, 1.165) is 29.3 Å². The molecule has 2 N–H and O–H groups in total. The second-order valence-electron chi connectivity index (χ2n) is 6.66. The third-order valence-corrected chi connectivity index (χ3v) is 4.51. The molecule has 1 aliphatic carbocycles. The maximum absolute atomic E-state index is 12.4. The van der Waals surface area contributed by atoms with Gasteiger partial charge in [-0.3, -0.25) is 4.79 Å². The van der Waals surface area contributed by atoms with Gasteiger partial charge in [-0.2, -0.15) is 0 Å². The molecule has 0 saturated heterocycles. The van der Waals surface area contributed by atoms with Crippen LogP contribution in [0.25, 0.3) is 10.9 Å². The zero-order valence-corrected chi connectivity index (χ0v) is 12.2. The van der Waals surface area contributed by atoms with Crippen LogP contribution >= 0.6 is 0 Å². The number of aromatic amines is 1. The van der Waals surface area contributed by atoms with Crippen molar-refractivity contribution in [2.45, 2.75) is 45.6 Å². The molecule has 20 heavy (non-hydrogen) atoms. The fraction of sp³-hybridized carbons (Fsp3) is 0.471. The first-order chi connectivity index (χ1) is 9.55. The summed E-state index contributed by atoms with van der Waals surface area (Å²) in [6.07, 6.45) is 6.35. The molecule has 3 heteroatoms. The summed E-state index contributed by atoms with van der Waals surface area (Å²) in [5.41, 5.74) is 2.20. The van der Waals surface area contributed by atoms with Gasteiger partial charge < -0.3 is 10.3 Å². The number of H-pyrrole nitrogens is 1. The van der Waals surface area contributed by atoms with Gasteiger partial charge in [0.15, 0.2) is 0 Å². The van der Waals surface area contributed by atoms with E-state index < -0.39 is 0 Å². The summed E-state index contributed by atoms with van der Waals surface area (Å²) >= 11 is 0. The number of aromatic nitrogens is 1. The monoisotopic (exact) mass is 270 g/mol. The molecule has 0 radical (unpaired) electrons. The van der Waals surface area contributed by atoms with Gasteiger partial charge in [0.25, 0.3) is 5.91 Å². The van der Waals surface area contributed by atoms with E-state index in [2.05, 4.69) is 24.1 Å². The fourth-order valence-electron chi connectivity index (χ4n) is 3.07. The molecule has 2 aromatic rings. The molecule has 0 bridgehead atoms. The Morgan fingerprint density at radius 1 is 1.25 bits per heavy atom. The van der Waals surface area contributed by atoms with Crippen LogP contribution in [0.5, 0.6) is 0 Å². The number of carbonyl (C=O) groups is 1. The second-order valence-corrected chi connectivity index (χ2v) is 6.66. The lowest BCUT2D eigenvalue weighted by Crippen LogP contribution is -2.39. The zero-order valence-electron chi connectivity index (χ0n) is 12.2. The number of carbonyl (C=O) groups excluding carboxylic acids is 1. The highest BCUT2D eigenvalue weighted by atomic mass is 16.1. The van der Waals surface area contributed by atoms with Gasteiger partial charge in [-0.1, -0.05) is 32.0 Å². The lowest BCUT2D eigenvalue weighted by atomic mass is 9.75. The number of para-hydroxylation sites is 1. The van der Waals surface area contributed by atoms with Crippen LogP contribution in [0.2, 0.25) is 0 Å². The maximum Gasteiger partial charge on any atom is 0.253 e. The summed E-state index contributed by atoms with van der Waals surface area (Å²) < 4.78 is 0. The summed E-state index contributed by atoms with van der Waals surface area (Å²) in [7, 11) is 0. The highest BCUT2D eigenvalue weighted by molar-refractivity contribution is 6.06. The molecular formula is C17H22N2O. The molecule has 0 spiro atoms. The van der Waals surface area contributed by atoms with Gasteiger partial charge in [-0.15, -0.1) is 0 Å². The van der Waals surface area contributed by atoms with Crippen LogP contribution in [0, 0.1) is 5.41 Å². The number of amides is 1. The molecule has 0 atom stereocenters. The van der Waals surface area contributed by atoms with Crippen LogP contribution in [-0.2, 0) is 0 Å². The van der Waals surface area contributed by atoms with Gasteiger partial charge in [0, 0.05) is 23.1 Å². The van der Waals surface area contributed by atoms with Crippen LogP contribution in [0.3, 0.4) is 0 Å². The van der Waals surface area contributed by atoms with Crippen molar-refractivity contribution >= 4 is 16.8 Å². The van der Waals surface area contributed by atoms with E-state index in [-0.39, 0.29) is 5.91 Å². The van der Waals surface area contributed by atoms with E-state index in [1.165, 1.54) is 12.8 Å². The summed E-state index contributed by atoms with van der Waals surface area (Å²) in [6, 6.07) is 8.25. The first-order valence-corrected chi connectivity index (χ1v) is 7.42. The Morgan fingerprint density at radius 3 is 2.70 bits per heavy atom. The number of benzene rings is 1. The number of rotatable bonds is 2. The van der Waals surface area contributed by atoms with Gasteiger partial charge in [-0.05, 0) is 37.2 Å². The van der Waals surface area contributed by atoms with Crippen molar-refractivity contribution in [1.29, 1.82) is 0 Å². The van der Waals surface area contributed by atoms with Crippen molar-refractivity contribution in [1.82, 2.24) is 10.3 Å². The van der Waals surface area contributed by atoms with Gasteiger partial charge in [0.2, 0.25) is 0 Å². The van der Waals surface area contributed by atoms with Gasteiger partial charge in [-0.25, -0.2) is 0 Å². The van der Waals surface area contributed by atoms with E-state index in [0.29, 0.717) is 11.5 Å². The number of hydrogen-bond donors (Lipinski definition) is 2. The first-order valence-electron chi connectivity index (χ1n) is 7.42. The molecule has 1 aromatic carbocycles. The molecule has 1 saturated carbocycles. The summed E-state index contributed by atoms with van der Waals surface area (Å²) in [5.74, 6) is 0.0483. The maximum atomic E-state index is 12.4. The molecule has 1 aliphatic rings. The summed E-state index contributed by atoms with van der Waals surface area (Å²) in [4.78, 5) is 15.6. The first kappa shape index (κ1) is 13.2. The molecular weight excluding hydrogens is 248 g/mol. The Morgan fingerprint density at radius 2 is 1.95 bits per heavy atom. The predicted octanol–water partition coefficient (Wildman–Crippen LogP) is 3.87. The van der Waals surface area contributed by atoms with E-state index in [1.54, 1.807) is 0 Å². The minimum Gasteiger partial charge on any atom is -0.360 e. The topological polar surface area (TPSA) is 44.9 Å². The average molecular weight is 270 g/mol. The number of hydrogen-bond acceptors (Lipinski definition) is 1. The molecule has 1 aromatic heterocycles. The SMILES string of the molecule is CC1(C)CCC(NC(=O)c2c[nH]c3ccccc23)CC1. The molecule has 0 unspecified atom stereocenters. The zero-order chi connectivity index (χ0) is 14.2. The minimum atomic E-state index is 0.0483. The highest BCUT2D eigenvalue weighted by Crippen LogP contribution is 2.35. The second kappa shape index (κ2) is 4.97. The third kappa shape index (κ3) is 2.58. The Bertz CT molecular complexity index is 617. The van der Waals surface area contributed by atoms with Crippen LogP contribution < -0.4 is 5.32 Å². The Kier molecular flexibility index (Phi) is 3.28. The average Bonchev–Trinajstić information content (AvgIpc) is 2.85. The molecule has 1 fully saturated rings. The van der Waals surface area contributed by atoms with Gasteiger partial charge in [0.1, 0.15) is 0 Å². The van der Waals surface area contributed by atoms with Crippen molar-refractivity contribution in [3.63, 3.8) is 0 Å². The highest BCUT2D eigenvalue weighted by Gasteiger charge is 2.28. The van der Waals surface area contributed by atoms with Crippen molar-refractivity contribution in [3.05, 3.63) is 36.0 Å². The Balaban J connectivity index is 1.71. The lowest BCUT2D eigenvalue weighted by Gasteiger charge is -2.34. The summed E-state index contributed by atoms with van der Waals surface area (Å²) in [6.45, 7) is 4.62. The smallest absolute Gasteiger partial charge is 0.253 e. The molecule has 3 nitrogen and oxygen atoms in total. The fourth-order valence-corrected chi connectivity index (χ4v) is 3.07. The van der Waals surface area contributed by atoms with Crippen LogP contribution in [0.4, 0.5) is 0 Å². The largest absolute Gasteiger partial charge is 0.360 e. The predicted molar refractivity (Wildman–Crippen MR) is 81.8 cm³/mol. The molecule has 1 heterocycles. The van der Waals surface area contributed by atoms with Gasteiger partial charge >= 0.3 is 0 Å². The van der Waals surface area contributed by atoms with Crippen molar-refractivity contribution in [2.75, 3.05) is 0 Å². The normalized spacial score (nSPS) is 19.1. The van der Waals surface area contributed by atoms with E-state index in [9.17, 15) is 4.79 Å². The van der Waals surface area contributed by atoms with Crippen molar-refractivity contribution in [2.24, 2.45) is 5.41 Å². The van der Waals surface area contributed by atoms with Crippen LogP contribution in [-0.4, -0.2) is 16.9 Å². The van der Waals surface area contributed by atoms with E-state index >= 15 is 0 Å². The number of fused-ring (bicyclic) bond motifs is 1. The molecule has 3 rings (SSSR count). The standard InChI is InChI=1S/C17H22N2O/c1-17(2)9-7-12(8-10-17)19-16(20)14-11-18-15-6-4-3-5-13(14)15/h3-6,11-12,18H,7-10H2,1-2H3,(H,19,20). The van der Waals surface area contributed by atoms with E-state index in [1.807, 2.05) is 30.5 Å². The van der Waals surface area contributed by atoms with Crippen LogP contribution in [0.15, 0.2) is 30.5 Å². The quantitative estimate of drug-likeness (QED) is 0.855. The van der Waals surface area contributed by atoms with Crippen molar-refractivity contribution in [3.8, 4) is 0 Å². The molecule has 0 aliphatic heterocycles. The van der Waals surface area contributed by atoms with Crippen LogP contribution in [0.1, 0.15) is 49.9 Å². The van der Waals surface area contributed by atoms with E-state index in [4.69, 9.17) is 0 Å². The lowest BCUT2D eigenvalue weighted by molar-refractivity contribution is 0.0911. The molecule has 106 valence electrons. The summed E-state index contributed by atoms with van der Waals surface area (Å²) in [5, 5.41) is 4.19. The van der Waals surface area contributed by atoms with Gasteiger partial charge in [0.05, 0.1) is 5.56 Å². The number of nitrogens with one attached hydrogen (secondary N) is 2. The Labute approximate surface area is 119 Å². The Hall–Kier alpha value is -1.77.